The number of hydrogen-bond donors (Lipinski definition) is 1. The number of nitrogens with one attached hydrogen (secondary N) is 1. The summed E-state index contributed by atoms with van der Waals surface area (Å²) >= 11 is 0. The molecular weight excluding hydrogens is 314 g/mol. The Balaban J connectivity index is 1.95. The van der Waals surface area contributed by atoms with Crippen molar-refractivity contribution in [3.63, 3.8) is 0 Å². The van der Waals surface area contributed by atoms with Crippen LogP contribution in [0.5, 0.6) is 0 Å². The second kappa shape index (κ2) is 7.30. The van der Waals surface area contributed by atoms with Crippen molar-refractivity contribution in [2.24, 2.45) is 5.92 Å². The van der Waals surface area contributed by atoms with Crippen LogP contribution in [-0.2, 0) is 11.2 Å². The molecule has 5 heteroatoms. The number of esters is 1. The number of rotatable bonds is 5. The summed E-state index contributed by atoms with van der Waals surface area (Å²) in [5.74, 6) is 0.877. The summed E-state index contributed by atoms with van der Waals surface area (Å²) < 4.78 is 7.14. The predicted octanol–water partition coefficient (Wildman–Crippen LogP) is 4.38. The van der Waals surface area contributed by atoms with Crippen molar-refractivity contribution in [3.8, 4) is 0 Å². The molecule has 1 aromatic carbocycles. The Morgan fingerprint density at radius 1 is 1.32 bits per heavy atom. The van der Waals surface area contributed by atoms with E-state index in [1.54, 1.807) is 6.20 Å². The number of carbonyl (C=O) groups is 1. The lowest BCUT2D eigenvalue weighted by atomic mass is 9.90. The Hall–Kier alpha value is -2.30. The zero-order valence-electron chi connectivity index (χ0n) is 15.5. The highest BCUT2D eigenvalue weighted by molar-refractivity contribution is 5.94. The largest absolute Gasteiger partial charge is 0.462 e. The molecule has 25 heavy (non-hydrogen) atoms. The van der Waals surface area contributed by atoms with Crippen LogP contribution in [-0.4, -0.2) is 22.4 Å². The highest BCUT2D eigenvalue weighted by Crippen LogP contribution is 2.40. The molecule has 0 saturated carbocycles. The summed E-state index contributed by atoms with van der Waals surface area (Å²) in [5.41, 5.74) is 3.09. The summed E-state index contributed by atoms with van der Waals surface area (Å²) in [7, 11) is 0. The molecule has 0 unspecified atom stereocenters. The van der Waals surface area contributed by atoms with Gasteiger partial charge in [0, 0.05) is 0 Å². The Kier molecular flexibility index (Phi) is 5.11. The van der Waals surface area contributed by atoms with E-state index < -0.39 is 0 Å². The van der Waals surface area contributed by atoms with Gasteiger partial charge in [0.25, 0.3) is 0 Å². The average molecular weight is 341 g/mol. The van der Waals surface area contributed by atoms with Crippen LogP contribution in [0.1, 0.15) is 67.7 Å². The number of ether oxygens (including phenoxy) is 1. The number of aromatic nitrogens is 2. The Bertz CT molecular complexity index is 734. The van der Waals surface area contributed by atoms with Crippen LogP contribution < -0.4 is 5.32 Å². The predicted molar refractivity (Wildman–Crippen MR) is 98.9 cm³/mol. The molecule has 0 spiro atoms. The number of carbonyl (C=O) groups excluding carboxylic acids is 1. The minimum absolute atomic E-state index is 0.163. The fourth-order valence-electron chi connectivity index (χ4n) is 3.44. The molecule has 0 bridgehead atoms. The first-order valence-electron chi connectivity index (χ1n) is 9.15. The molecule has 1 aromatic heterocycles. The Morgan fingerprint density at radius 2 is 2.04 bits per heavy atom. The molecule has 2 heterocycles. The average Bonchev–Trinajstić information content (AvgIpc) is 3.05. The van der Waals surface area contributed by atoms with E-state index in [1.165, 1.54) is 11.1 Å². The van der Waals surface area contributed by atoms with E-state index in [1.807, 2.05) is 11.6 Å². The van der Waals surface area contributed by atoms with Crippen molar-refractivity contribution in [3.05, 3.63) is 47.2 Å². The van der Waals surface area contributed by atoms with E-state index >= 15 is 0 Å². The topological polar surface area (TPSA) is 56.1 Å². The van der Waals surface area contributed by atoms with Gasteiger partial charge >= 0.3 is 5.97 Å². The van der Waals surface area contributed by atoms with E-state index in [9.17, 15) is 4.79 Å². The summed E-state index contributed by atoms with van der Waals surface area (Å²) in [6, 6.07) is 9.14. The summed E-state index contributed by atoms with van der Waals surface area (Å²) in [5, 5.41) is 7.99. The summed E-state index contributed by atoms with van der Waals surface area (Å²) in [4.78, 5) is 12.3. The van der Waals surface area contributed by atoms with E-state index in [2.05, 4.69) is 55.5 Å². The van der Waals surface area contributed by atoms with E-state index in [0.717, 1.165) is 18.7 Å². The normalized spacial score (nSPS) is 19.4. The molecule has 0 aliphatic carbocycles. The summed E-state index contributed by atoms with van der Waals surface area (Å²) in [6.07, 6.45) is 3.60. The third kappa shape index (κ3) is 3.41. The van der Waals surface area contributed by atoms with Crippen LogP contribution >= 0.6 is 0 Å². The van der Waals surface area contributed by atoms with Crippen LogP contribution in [0.2, 0.25) is 0 Å². The lowest BCUT2D eigenvalue weighted by molar-refractivity contribution is 0.0527. The van der Waals surface area contributed by atoms with Crippen molar-refractivity contribution in [2.75, 3.05) is 11.9 Å². The standard InChI is InChI=1S/C20H27N3O2/c1-5-14-7-9-15(10-8-14)17-11-18(13(3)4)23-19(22-17)16(12-21-23)20(24)25-6-2/h7-10,12-13,17-18,22H,5-6,11H2,1-4H3/t17-,18+/m1/s1. The number of anilines is 1. The molecule has 1 aliphatic heterocycles. The number of benzene rings is 1. The van der Waals surface area contributed by atoms with Crippen LogP contribution in [0.3, 0.4) is 0 Å². The van der Waals surface area contributed by atoms with Crippen LogP contribution in [0, 0.1) is 5.92 Å². The second-order valence-electron chi connectivity index (χ2n) is 6.91. The van der Waals surface area contributed by atoms with Gasteiger partial charge < -0.3 is 10.1 Å². The van der Waals surface area contributed by atoms with Gasteiger partial charge in [-0.05, 0) is 36.8 Å². The zero-order chi connectivity index (χ0) is 18.0. The van der Waals surface area contributed by atoms with Crippen LogP contribution in [0.25, 0.3) is 0 Å². The van der Waals surface area contributed by atoms with Gasteiger partial charge in [-0.25, -0.2) is 9.48 Å². The highest BCUT2D eigenvalue weighted by Gasteiger charge is 2.33. The Labute approximate surface area is 149 Å². The first kappa shape index (κ1) is 17.5. The van der Waals surface area contributed by atoms with Gasteiger partial charge in [-0.2, -0.15) is 5.10 Å². The molecular formula is C20H27N3O2. The van der Waals surface area contributed by atoms with Gasteiger partial charge in [0.05, 0.1) is 24.9 Å². The molecule has 0 amide bonds. The SMILES string of the molecule is CCOC(=O)c1cnn2c1N[C@@H](c1ccc(CC)cc1)C[C@H]2C(C)C. The zero-order valence-corrected chi connectivity index (χ0v) is 15.5. The number of fused-ring (bicyclic) bond motifs is 1. The Morgan fingerprint density at radius 3 is 2.64 bits per heavy atom. The smallest absolute Gasteiger partial charge is 0.343 e. The monoisotopic (exact) mass is 341 g/mol. The van der Waals surface area contributed by atoms with E-state index in [-0.39, 0.29) is 18.1 Å². The van der Waals surface area contributed by atoms with Crippen molar-refractivity contribution in [2.45, 2.75) is 52.6 Å². The van der Waals surface area contributed by atoms with Gasteiger partial charge in [-0.15, -0.1) is 0 Å². The quantitative estimate of drug-likeness (QED) is 0.820. The third-order valence-corrected chi connectivity index (χ3v) is 4.95. The fourth-order valence-corrected chi connectivity index (χ4v) is 3.44. The van der Waals surface area contributed by atoms with Crippen LogP contribution in [0.15, 0.2) is 30.5 Å². The fraction of sp³-hybridized carbons (Fsp3) is 0.500. The van der Waals surface area contributed by atoms with E-state index in [4.69, 9.17) is 4.74 Å². The van der Waals surface area contributed by atoms with Crippen LogP contribution in [0.4, 0.5) is 5.82 Å². The van der Waals surface area contributed by atoms with Gasteiger partial charge in [0.15, 0.2) is 0 Å². The molecule has 2 atom stereocenters. The molecule has 1 aliphatic rings. The molecule has 5 nitrogen and oxygen atoms in total. The molecule has 0 fully saturated rings. The lowest BCUT2D eigenvalue weighted by Crippen LogP contribution is -2.30. The first-order chi connectivity index (χ1) is 12.0. The molecule has 1 N–H and O–H groups in total. The summed E-state index contributed by atoms with van der Waals surface area (Å²) in [6.45, 7) is 8.73. The molecule has 3 rings (SSSR count). The molecule has 134 valence electrons. The van der Waals surface area contributed by atoms with Crippen molar-refractivity contribution < 1.29 is 9.53 Å². The van der Waals surface area contributed by atoms with Crippen molar-refractivity contribution >= 4 is 11.8 Å². The third-order valence-electron chi connectivity index (χ3n) is 4.95. The van der Waals surface area contributed by atoms with Gasteiger partial charge in [-0.3, -0.25) is 0 Å². The minimum Gasteiger partial charge on any atom is -0.462 e. The number of nitrogens with zero attached hydrogens (tertiary/aromatic N) is 2. The van der Waals surface area contributed by atoms with E-state index in [0.29, 0.717) is 18.1 Å². The molecule has 0 saturated heterocycles. The second-order valence-corrected chi connectivity index (χ2v) is 6.91. The minimum atomic E-state index is -0.319. The van der Waals surface area contributed by atoms with Gasteiger partial charge in [0.2, 0.25) is 0 Å². The maximum atomic E-state index is 12.3. The first-order valence-corrected chi connectivity index (χ1v) is 9.15. The molecule has 0 radical (unpaired) electrons. The highest BCUT2D eigenvalue weighted by atomic mass is 16.5. The lowest BCUT2D eigenvalue weighted by Gasteiger charge is -2.35. The van der Waals surface area contributed by atoms with Gasteiger partial charge in [0.1, 0.15) is 11.4 Å². The maximum absolute atomic E-state index is 12.3. The maximum Gasteiger partial charge on any atom is 0.343 e. The number of aryl methyl sites for hydroxylation is 1. The molecule has 2 aromatic rings. The van der Waals surface area contributed by atoms with Gasteiger partial charge in [-0.1, -0.05) is 45.0 Å². The van der Waals surface area contributed by atoms with Crippen molar-refractivity contribution in [1.82, 2.24) is 9.78 Å². The number of hydrogen-bond acceptors (Lipinski definition) is 4. The van der Waals surface area contributed by atoms with Crippen molar-refractivity contribution in [1.29, 1.82) is 0 Å².